The highest BCUT2D eigenvalue weighted by molar-refractivity contribution is 6.28. The van der Waals surface area contributed by atoms with E-state index in [0.29, 0.717) is 0 Å². The minimum atomic E-state index is -0.878. The Hall–Kier alpha value is -0.513. The van der Waals surface area contributed by atoms with Crippen LogP contribution in [-0.4, -0.2) is 9.84 Å². The molecule has 0 aliphatic heterocycles. The average molecular weight is 88.1 g/mol. The van der Waals surface area contributed by atoms with Crippen molar-refractivity contribution in [2.45, 2.75) is 0 Å². The molecule has 0 heterocycles. The first kappa shape index (κ1) is 4.49. The molecule has 0 aromatic rings. The molecule has 0 aromatic heterocycles. The standard InChI is InChI=1S/H4N4Si/c1-3-4-5-2/h2,5H2. The van der Waals surface area contributed by atoms with E-state index in [2.05, 4.69) is 9.69 Å². The van der Waals surface area contributed by atoms with Crippen molar-refractivity contribution in [3.8, 4) is 0 Å². The van der Waals surface area contributed by atoms with Gasteiger partial charge in [-0.15, -0.1) is 4.78 Å². The number of azide groups is 1. The molecule has 0 rings (SSSR count). The quantitative estimate of drug-likeness (QED) is 0.195. The minimum absolute atomic E-state index is 0.878. The van der Waals surface area contributed by atoms with Gasteiger partial charge in [0.1, 0.15) is 0 Å². The fourth-order valence-electron chi connectivity index (χ4n) is 0.0365. The van der Waals surface area contributed by atoms with E-state index in [1.54, 1.807) is 0 Å². The Bertz CT molecular complexity index is 50.7. The summed E-state index contributed by atoms with van der Waals surface area (Å²) >= 11 is 0. The zero-order chi connectivity index (χ0) is 4.12. The highest BCUT2D eigenvalue weighted by Gasteiger charge is 1.53. The molecule has 0 saturated carbocycles. The molecule has 0 radical (unpaired) electrons. The van der Waals surface area contributed by atoms with Crippen LogP contribution in [0, 0.1) is 0 Å². The van der Waals surface area contributed by atoms with E-state index in [-0.39, 0.29) is 0 Å². The summed E-state index contributed by atoms with van der Waals surface area (Å²) in [5.41, 5.74) is 7.48. The van der Waals surface area contributed by atoms with Gasteiger partial charge in [-0.25, -0.2) is 0 Å². The van der Waals surface area contributed by atoms with Crippen molar-refractivity contribution in [3.63, 3.8) is 0 Å². The lowest BCUT2D eigenvalue weighted by atomic mass is 13.0. The third-order valence-corrected chi connectivity index (χ3v) is 0.435. The summed E-state index contributed by atoms with van der Waals surface area (Å²) in [5.74, 6) is 0. The van der Waals surface area contributed by atoms with Crippen LogP contribution in [0.15, 0.2) is 4.78 Å². The summed E-state index contributed by atoms with van der Waals surface area (Å²) in [6.07, 6.45) is 0. The maximum absolute atomic E-state index is 7.48. The van der Waals surface area contributed by atoms with Gasteiger partial charge in [-0.2, -0.15) is 0 Å². The smallest absolute Gasteiger partial charge is 0.190 e. The zero-order valence-corrected chi connectivity index (χ0v) is 4.04. The fourth-order valence-corrected chi connectivity index (χ4v) is 0.110. The molecule has 0 saturated heterocycles. The predicted molar refractivity (Wildman–Crippen MR) is 21.9 cm³/mol. The van der Waals surface area contributed by atoms with Crippen LogP contribution in [0.4, 0.5) is 0 Å². The van der Waals surface area contributed by atoms with E-state index < -0.39 is 9.84 Å². The largest absolute Gasteiger partial charge is 0.352 e. The Morgan fingerprint density at radius 1 is 2.00 bits per heavy atom. The summed E-state index contributed by atoms with van der Waals surface area (Å²) in [5, 5.41) is 4.86. The summed E-state index contributed by atoms with van der Waals surface area (Å²) in [4.78, 5) is 2.42. The van der Waals surface area contributed by atoms with E-state index in [4.69, 9.17) is 10.9 Å². The molecular weight excluding hydrogens is 84.1 g/mol. The van der Waals surface area contributed by atoms with Crippen LogP contribution in [0.1, 0.15) is 0 Å². The molecule has 28 valence electrons. The molecule has 0 aliphatic carbocycles. The van der Waals surface area contributed by atoms with Gasteiger partial charge in [-0.05, 0) is 10.4 Å². The van der Waals surface area contributed by atoms with Crippen LogP contribution in [0.2, 0.25) is 0 Å². The second-order valence-corrected chi connectivity index (χ2v) is 1.06. The maximum Gasteiger partial charge on any atom is 0.190 e. The number of rotatable bonds is 1. The molecule has 0 unspecified atom stereocenters. The van der Waals surface area contributed by atoms with Crippen molar-refractivity contribution in [1.82, 2.24) is 0 Å². The molecule has 0 aromatic carbocycles. The van der Waals surface area contributed by atoms with Crippen LogP contribution in [0.5, 0.6) is 0 Å². The van der Waals surface area contributed by atoms with Crippen LogP contribution in [-0.2, 0) is 0 Å². The highest BCUT2D eigenvalue weighted by Crippen LogP contribution is 1.50. The number of nitrogens with two attached hydrogens (primary N) is 1. The minimum Gasteiger partial charge on any atom is -0.352 e. The van der Waals surface area contributed by atoms with Crippen molar-refractivity contribution < 1.29 is 0 Å². The monoisotopic (exact) mass is 88.0 g/mol. The lowest BCUT2D eigenvalue weighted by Gasteiger charge is -1.57. The second kappa shape index (κ2) is 3.49. The van der Waals surface area contributed by atoms with Gasteiger partial charge in [0.05, 0.1) is 0 Å². The molecule has 5 heteroatoms. The van der Waals surface area contributed by atoms with Gasteiger partial charge in [0.25, 0.3) is 0 Å². The molecule has 2 N–H and O–H groups in total. The zero-order valence-electron chi connectivity index (χ0n) is 2.63. The van der Waals surface area contributed by atoms with Gasteiger partial charge in [0.2, 0.25) is 0 Å². The average Bonchev–Trinajstić information content (AvgIpc) is 1.41. The number of hydrogen-bond donors (Lipinski definition) is 1. The topological polar surface area (TPSA) is 74.8 Å². The molecule has 0 fully saturated rings. The first-order valence-electron chi connectivity index (χ1n) is 1.12. The molecular formula is H4N4Si. The normalized spacial score (nSPS) is 8.20. The van der Waals surface area contributed by atoms with Gasteiger partial charge in [0.15, 0.2) is 9.84 Å². The van der Waals surface area contributed by atoms with Gasteiger partial charge >= 0.3 is 0 Å². The Morgan fingerprint density at radius 3 is 2.60 bits per heavy atom. The number of nitrogens with zero attached hydrogens (tertiary/aromatic N) is 3. The highest BCUT2D eigenvalue weighted by atomic mass is 28.2. The summed E-state index contributed by atoms with van der Waals surface area (Å²) in [7, 11) is -0.878. The fraction of sp³-hybridized carbons (Fsp3) is 0. The van der Waals surface area contributed by atoms with Crippen LogP contribution >= 0.6 is 0 Å². The Morgan fingerprint density at radius 2 is 2.60 bits per heavy atom. The van der Waals surface area contributed by atoms with Gasteiger partial charge < -0.3 is 5.40 Å². The number of hydrogen-bond acceptors (Lipinski definition) is 2. The van der Waals surface area contributed by atoms with Crippen molar-refractivity contribution in [2.75, 3.05) is 0 Å². The van der Waals surface area contributed by atoms with Crippen molar-refractivity contribution in [1.29, 1.82) is 0 Å². The predicted octanol–water partition coefficient (Wildman–Crippen LogP) is -0.746. The van der Waals surface area contributed by atoms with E-state index in [0.717, 1.165) is 0 Å². The third-order valence-electron chi connectivity index (χ3n) is 0.145. The summed E-state index contributed by atoms with van der Waals surface area (Å²) < 4.78 is 3.07. The third kappa shape index (κ3) is 3.49. The van der Waals surface area contributed by atoms with Crippen molar-refractivity contribution in [3.05, 3.63) is 10.4 Å². The van der Waals surface area contributed by atoms with Crippen molar-refractivity contribution in [2.24, 2.45) is 10.2 Å². The molecule has 0 amide bonds. The van der Waals surface area contributed by atoms with Crippen LogP contribution < -0.4 is 5.40 Å². The van der Waals surface area contributed by atoms with Gasteiger partial charge in [-0.1, -0.05) is 0 Å². The van der Waals surface area contributed by atoms with E-state index in [9.17, 15) is 0 Å². The molecule has 0 bridgehead atoms. The second-order valence-electron chi connectivity index (χ2n) is 0.413. The van der Waals surface area contributed by atoms with Crippen LogP contribution in [0.3, 0.4) is 0 Å². The van der Waals surface area contributed by atoms with Crippen LogP contribution in [0.25, 0.3) is 10.4 Å². The Labute approximate surface area is 31.6 Å². The first-order valence-corrected chi connectivity index (χ1v) is 2.57. The SMILES string of the molecule is [N-]=[N+]=N[SiH2]N. The Balaban J connectivity index is 2.93. The summed E-state index contributed by atoms with van der Waals surface area (Å²) in [6.45, 7) is 0. The van der Waals surface area contributed by atoms with Gasteiger partial charge in [-0.3, -0.25) is 0 Å². The maximum atomic E-state index is 7.48. The lowest BCUT2D eigenvalue weighted by molar-refractivity contribution is 1.66. The Kier molecular flexibility index (Phi) is 3.13. The molecule has 5 heavy (non-hydrogen) atoms. The molecule has 4 nitrogen and oxygen atoms in total. The molecule has 0 spiro atoms. The van der Waals surface area contributed by atoms with Gasteiger partial charge in [0, 0.05) is 0 Å². The van der Waals surface area contributed by atoms with E-state index in [1.165, 1.54) is 0 Å². The van der Waals surface area contributed by atoms with E-state index in [1.807, 2.05) is 0 Å². The molecule has 0 atom stereocenters. The summed E-state index contributed by atoms with van der Waals surface area (Å²) in [6, 6.07) is 0. The molecule has 0 aliphatic rings. The van der Waals surface area contributed by atoms with Crippen molar-refractivity contribution >= 4 is 9.84 Å². The lowest BCUT2D eigenvalue weighted by Crippen LogP contribution is -1.96. The first-order chi connectivity index (χ1) is 2.41. The van der Waals surface area contributed by atoms with E-state index >= 15 is 0 Å².